The fourth-order valence-electron chi connectivity index (χ4n) is 4.48. The number of hydrogen-bond donors (Lipinski definition) is 3. The number of likely N-dealkylation sites (tertiary alicyclic amines) is 1. The van der Waals surface area contributed by atoms with Gasteiger partial charge in [-0.1, -0.05) is 18.2 Å². The van der Waals surface area contributed by atoms with Crippen LogP contribution in [0.1, 0.15) is 28.8 Å². The van der Waals surface area contributed by atoms with Crippen molar-refractivity contribution in [2.24, 2.45) is 0 Å². The van der Waals surface area contributed by atoms with E-state index in [0.29, 0.717) is 35.9 Å². The van der Waals surface area contributed by atoms with Crippen molar-refractivity contribution in [3.8, 4) is 11.3 Å². The highest BCUT2D eigenvalue weighted by Crippen LogP contribution is 2.26. The van der Waals surface area contributed by atoms with Crippen molar-refractivity contribution in [1.82, 2.24) is 20.2 Å². The van der Waals surface area contributed by atoms with E-state index in [9.17, 15) is 9.18 Å². The van der Waals surface area contributed by atoms with Crippen molar-refractivity contribution in [3.63, 3.8) is 0 Å². The van der Waals surface area contributed by atoms with E-state index in [1.807, 2.05) is 24.3 Å². The molecule has 1 fully saturated rings. The molecule has 0 radical (unpaired) electrons. The van der Waals surface area contributed by atoms with Gasteiger partial charge in [-0.25, -0.2) is 9.37 Å². The number of nitrogens with one attached hydrogen (secondary N) is 2. The van der Waals surface area contributed by atoms with Crippen LogP contribution < -0.4 is 16.4 Å². The number of aromatic nitrogens is 2. The summed E-state index contributed by atoms with van der Waals surface area (Å²) >= 11 is 0. The van der Waals surface area contributed by atoms with Crippen molar-refractivity contribution < 1.29 is 9.18 Å². The van der Waals surface area contributed by atoms with Gasteiger partial charge in [0.15, 0.2) is 0 Å². The average Bonchev–Trinajstić information content (AvgIpc) is 3.41. The van der Waals surface area contributed by atoms with Gasteiger partial charge in [-0.2, -0.15) is 0 Å². The summed E-state index contributed by atoms with van der Waals surface area (Å²) in [6, 6.07) is 18.0. The molecule has 0 unspecified atom stereocenters. The van der Waals surface area contributed by atoms with Crippen LogP contribution in [-0.4, -0.2) is 47.0 Å². The Morgan fingerprint density at radius 1 is 1.06 bits per heavy atom. The Morgan fingerprint density at radius 2 is 1.92 bits per heavy atom. The molecule has 36 heavy (non-hydrogen) atoms. The van der Waals surface area contributed by atoms with E-state index >= 15 is 0 Å². The SMILES string of the molecule is Nc1ccc(-c2ccc(C(=O)NCCN3CCCC3)c(F)c2)nc1NCc1ccc2ncccc2c1. The number of nitrogens with zero attached hydrogens (tertiary/aromatic N) is 3. The van der Waals surface area contributed by atoms with E-state index in [1.54, 1.807) is 24.4 Å². The van der Waals surface area contributed by atoms with E-state index in [-0.39, 0.29) is 5.56 Å². The van der Waals surface area contributed by atoms with Crippen LogP contribution in [0.3, 0.4) is 0 Å². The van der Waals surface area contributed by atoms with Gasteiger partial charge in [0.05, 0.1) is 22.5 Å². The summed E-state index contributed by atoms with van der Waals surface area (Å²) in [5, 5.41) is 7.15. The lowest BCUT2D eigenvalue weighted by Crippen LogP contribution is -2.33. The molecule has 4 N–H and O–H groups in total. The van der Waals surface area contributed by atoms with Crippen LogP contribution in [0.2, 0.25) is 0 Å². The first-order chi connectivity index (χ1) is 17.6. The summed E-state index contributed by atoms with van der Waals surface area (Å²) in [4.78, 5) is 23.7. The highest BCUT2D eigenvalue weighted by molar-refractivity contribution is 5.95. The Hall–Kier alpha value is -4.04. The third-order valence-electron chi connectivity index (χ3n) is 6.48. The summed E-state index contributed by atoms with van der Waals surface area (Å²) in [5.41, 5.74) is 9.80. The Kier molecular flexibility index (Phi) is 7.04. The van der Waals surface area contributed by atoms with Gasteiger partial charge in [0.1, 0.15) is 11.6 Å². The number of pyridine rings is 2. The zero-order valence-corrected chi connectivity index (χ0v) is 20.0. The van der Waals surface area contributed by atoms with Gasteiger partial charge >= 0.3 is 0 Å². The first kappa shape index (κ1) is 23.7. The molecule has 1 aliphatic heterocycles. The molecule has 184 valence electrons. The summed E-state index contributed by atoms with van der Waals surface area (Å²) in [6.07, 6.45) is 4.16. The fraction of sp³-hybridized carbons (Fsp3) is 0.250. The zero-order valence-electron chi connectivity index (χ0n) is 20.0. The third kappa shape index (κ3) is 5.44. The van der Waals surface area contributed by atoms with E-state index in [1.165, 1.54) is 25.0 Å². The topological polar surface area (TPSA) is 96.2 Å². The highest BCUT2D eigenvalue weighted by atomic mass is 19.1. The predicted molar refractivity (Wildman–Crippen MR) is 141 cm³/mol. The van der Waals surface area contributed by atoms with Crippen molar-refractivity contribution in [3.05, 3.63) is 83.8 Å². The number of rotatable bonds is 8. The van der Waals surface area contributed by atoms with Gasteiger partial charge < -0.3 is 21.3 Å². The molecule has 0 aliphatic carbocycles. The molecule has 3 heterocycles. The minimum absolute atomic E-state index is 0.0276. The van der Waals surface area contributed by atoms with E-state index in [2.05, 4.69) is 31.6 Å². The summed E-state index contributed by atoms with van der Waals surface area (Å²) in [7, 11) is 0. The molecule has 0 spiro atoms. The van der Waals surface area contributed by atoms with Crippen molar-refractivity contribution in [1.29, 1.82) is 0 Å². The van der Waals surface area contributed by atoms with Crippen molar-refractivity contribution >= 4 is 28.3 Å². The number of amides is 1. The average molecular weight is 485 g/mol. The molecule has 2 aromatic heterocycles. The molecule has 2 aromatic carbocycles. The van der Waals surface area contributed by atoms with Crippen LogP contribution in [0.15, 0.2) is 66.9 Å². The molecule has 5 rings (SSSR count). The lowest BCUT2D eigenvalue weighted by Gasteiger charge is -2.15. The van der Waals surface area contributed by atoms with Gasteiger partial charge in [0.2, 0.25) is 0 Å². The second-order valence-corrected chi connectivity index (χ2v) is 9.02. The molecular weight excluding hydrogens is 455 g/mol. The number of benzene rings is 2. The molecule has 1 amide bonds. The van der Waals surface area contributed by atoms with Gasteiger partial charge in [0.25, 0.3) is 5.91 Å². The summed E-state index contributed by atoms with van der Waals surface area (Å²) in [5.74, 6) is -0.469. The third-order valence-corrected chi connectivity index (χ3v) is 6.48. The maximum Gasteiger partial charge on any atom is 0.254 e. The van der Waals surface area contributed by atoms with Crippen LogP contribution >= 0.6 is 0 Å². The number of fused-ring (bicyclic) bond motifs is 1. The second-order valence-electron chi connectivity index (χ2n) is 9.02. The quantitative estimate of drug-likeness (QED) is 0.342. The number of carbonyl (C=O) groups is 1. The second kappa shape index (κ2) is 10.7. The Balaban J connectivity index is 1.25. The Labute approximate surface area is 209 Å². The minimum atomic E-state index is -0.580. The number of carbonyl (C=O) groups excluding carboxylic acids is 1. The first-order valence-corrected chi connectivity index (χ1v) is 12.2. The van der Waals surface area contributed by atoms with Crippen LogP contribution in [0.25, 0.3) is 22.2 Å². The maximum absolute atomic E-state index is 14.8. The lowest BCUT2D eigenvalue weighted by atomic mass is 10.1. The highest BCUT2D eigenvalue weighted by Gasteiger charge is 2.15. The molecule has 7 nitrogen and oxygen atoms in total. The molecule has 0 saturated carbocycles. The van der Waals surface area contributed by atoms with E-state index < -0.39 is 11.7 Å². The number of halogens is 1. The van der Waals surface area contributed by atoms with Crippen LogP contribution in [-0.2, 0) is 6.54 Å². The standard InChI is InChI=1S/C28H29FN6O/c29-23-17-21(6-7-22(23)28(36)32-12-15-35-13-1-2-14-35)26-10-8-24(30)27(34-26)33-18-19-5-9-25-20(16-19)4-3-11-31-25/h3-11,16-17H,1-2,12-15,18,30H2,(H,32,36)(H,33,34). The molecule has 8 heteroatoms. The van der Waals surface area contributed by atoms with E-state index in [4.69, 9.17) is 5.73 Å². The molecule has 0 atom stereocenters. The lowest BCUT2D eigenvalue weighted by molar-refractivity contribution is 0.0945. The van der Waals surface area contributed by atoms with Gasteiger partial charge in [-0.05, 0) is 74.0 Å². The zero-order chi connectivity index (χ0) is 24.9. The minimum Gasteiger partial charge on any atom is -0.396 e. The summed E-state index contributed by atoms with van der Waals surface area (Å²) in [6.45, 7) is 3.93. The number of nitrogens with two attached hydrogens (primary N) is 1. The number of hydrogen-bond acceptors (Lipinski definition) is 6. The van der Waals surface area contributed by atoms with Crippen molar-refractivity contribution in [2.45, 2.75) is 19.4 Å². The van der Waals surface area contributed by atoms with Gasteiger partial charge in [-0.15, -0.1) is 0 Å². The van der Waals surface area contributed by atoms with Gasteiger partial charge in [-0.3, -0.25) is 9.78 Å². The predicted octanol–water partition coefficient (Wildman–Crippen LogP) is 4.46. The van der Waals surface area contributed by atoms with Crippen LogP contribution in [0.5, 0.6) is 0 Å². The van der Waals surface area contributed by atoms with E-state index in [0.717, 1.165) is 36.1 Å². The maximum atomic E-state index is 14.8. The molecule has 4 aromatic rings. The molecular formula is C28H29FN6O. The fourth-order valence-corrected chi connectivity index (χ4v) is 4.48. The van der Waals surface area contributed by atoms with Gasteiger partial charge in [0, 0.05) is 36.8 Å². The number of nitrogen functional groups attached to an aromatic ring is 1. The smallest absolute Gasteiger partial charge is 0.254 e. The largest absolute Gasteiger partial charge is 0.396 e. The Morgan fingerprint density at radius 3 is 2.75 bits per heavy atom. The number of anilines is 2. The Bertz CT molecular complexity index is 1390. The molecule has 1 saturated heterocycles. The monoisotopic (exact) mass is 484 g/mol. The summed E-state index contributed by atoms with van der Waals surface area (Å²) < 4.78 is 14.8. The normalized spacial score (nSPS) is 13.7. The molecule has 1 aliphatic rings. The molecule has 0 bridgehead atoms. The first-order valence-electron chi connectivity index (χ1n) is 12.2. The van der Waals surface area contributed by atoms with Crippen molar-refractivity contribution in [2.75, 3.05) is 37.2 Å². The van der Waals surface area contributed by atoms with Crippen LogP contribution in [0, 0.1) is 5.82 Å². The van der Waals surface area contributed by atoms with Crippen LogP contribution in [0.4, 0.5) is 15.9 Å².